The van der Waals surface area contributed by atoms with E-state index in [1.165, 1.54) is 24.1 Å². The molecule has 0 aliphatic carbocycles. The average Bonchev–Trinajstić information content (AvgIpc) is 3.05. The zero-order chi connectivity index (χ0) is 32.4. The van der Waals surface area contributed by atoms with Crippen molar-refractivity contribution in [3.63, 3.8) is 0 Å². The van der Waals surface area contributed by atoms with E-state index >= 15 is 0 Å². The zero-order valence-electron chi connectivity index (χ0n) is 26.3. The Bertz CT molecular complexity index is 1670. The Balaban J connectivity index is 1.80. The second kappa shape index (κ2) is 15.4. The summed E-state index contributed by atoms with van der Waals surface area (Å²) in [4.78, 5) is 29.8. The minimum Gasteiger partial charge on any atom is -0.497 e. The summed E-state index contributed by atoms with van der Waals surface area (Å²) in [6.07, 6.45) is 0.992. The molecule has 9 heteroatoms. The molecule has 0 saturated carbocycles. The Morgan fingerprint density at radius 1 is 0.822 bits per heavy atom. The van der Waals surface area contributed by atoms with Gasteiger partial charge in [-0.3, -0.25) is 13.9 Å². The fourth-order valence-electron chi connectivity index (χ4n) is 4.94. The summed E-state index contributed by atoms with van der Waals surface area (Å²) >= 11 is 0. The molecule has 1 atom stereocenters. The zero-order valence-corrected chi connectivity index (χ0v) is 27.1. The molecule has 4 aromatic rings. The van der Waals surface area contributed by atoms with Gasteiger partial charge in [-0.15, -0.1) is 0 Å². The Morgan fingerprint density at radius 2 is 1.47 bits per heavy atom. The molecule has 1 unspecified atom stereocenters. The van der Waals surface area contributed by atoms with Crippen molar-refractivity contribution in [1.29, 1.82) is 0 Å². The molecule has 0 aromatic heterocycles. The molecule has 0 fully saturated rings. The minimum atomic E-state index is -4.19. The third-order valence-corrected chi connectivity index (χ3v) is 9.31. The van der Waals surface area contributed by atoms with Crippen LogP contribution in [0.15, 0.2) is 108 Å². The highest BCUT2D eigenvalue weighted by Crippen LogP contribution is 2.28. The Labute approximate surface area is 266 Å². The van der Waals surface area contributed by atoms with Gasteiger partial charge in [0.05, 0.1) is 17.7 Å². The molecule has 0 saturated heterocycles. The normalized spacial score (nSPS) is 11.8. The fraction of sp³-hybridized carbons (Fsp3) is 0.278. The van der Waals surface area contributed by atoms with Crippen LogP contribution in [0.1, 0.15) is 35.6 Å². The van der Waals surface area contributed by atoms with Crippen LogP contribution in [0.2, 0.25) is 0 Å². The van der Waals surface area contributed by atoms with E-state index < -0.39 is 28.5 Å². The van der Waals surface area contributed by atoms with Crippen LogP contribution in [0.25, 0.3) is 0 Å². The number of carbonyl (C=O) groups excluding carboxylic acids is 2. The molecule has 0 aliphatic rings. The van der Waals surface area contributed by atoms with E-state index in [9.17, 15) is 18.0 Å². The maximum atomic E-state index is 14.5. The number of anilines is 1. The van der Waals surface area contributed by atoms with E-state index in [-0.39, 0.29) is 29.5 Å². The number of ether oxygens (including phenoxy) is 1. The molecule has 0 heterocycles. The first kappa shape index (κ1) is 33.3. The number of methoxy groups -OCH3 is 1. The number of carbonyl (C=O) groups is 2. The van der Waals surface area contributed by atoms with Crippen LogP contribution in [0.5, 0.6) is 5.75 Å². The highest BCUT2D eigenvalue weighted by molar-refractivity contribution is 7.92. The first-order valence-electron chi connectivity index (χ1n) is 15.0. The van der Waals surface area contributed by atoms with Gasteiger partial charge in [-0.2, -0.15) is 0 Å². The van der Waals surface area contributed by atoms with E-state index in [1.54, 1.807) is 36.4 Å². The predicted molar refractivity (Wildman–Crippen MR) is 178 cm³/mol. The van der Waals surface area contributed by atoms with E-state index in [4.69, 9.17) is 4.74 Å². The second-order valence-electron chi connectivity index (χ2n) is 11.0. The first-order chi connectivity index (χ1) is 21.6. The van der Waals surface area contributed by atoms with Crippen molar-refractivity contribution in [2.75, 3.05) is 24.5 Å². The van der Waals surface area contributed by atoms with Gasteiger partial charge in [-0.05, 0) is 55.7 Å². The maximum Gasteiger partial charge on any atom is 0.264 e. The van der Waals surface area contributed by atoms with Crippen molar-refractivity contribution in [3.8, 4) is 5.75 Å². The van der Waals surface area contributed by atoms with E-state index in [0.29, 0.717) is 12.3 Å². The van der Waals surface area contributed by atoms with Crippen LogP contribution in [-0.2, 0) is 32.6 Å². The van der Waals surface area contributed by atoms with Gasteiger partial charge >= 0.3 is 0 Å². The monoisotopic (exact) mass is 627 g/mol. The highest BCUT2D eigenvalue weighted by Gasteiger charge is 2.34. The van der Waals surface area contributed by atoms with Crippen LogP contribution in [0, 0.1) is 13.8 Å². The second-order valence-corrected chi connectivity index (χ2v) is 12.9. The molecular formula is C36H41N3O5S. The molecule has 0 aliphatic heterocycles. The van der Waals surface area contributed by atoms with Crippen LogP contribution in [0.3, 0.4) is 0 Å². The molecule has 4 aromatic carbocycles. The molecule has 1 N–H and O–H groups in total. The van der Waals surface area contributed by atoms with Crippen molar-refractivity contribution >= 4 is 27.5 Å². The minimum absolute atomic E-state index is 0.0512. The van der Waals surface area contributed by atoms with Crippen molar-refractivity contribution in [2.45, 2.75) is 51.1 Å². The SMILES string of the molecule is CCCNC(=O)C(Cc1ccccc1)N(Cc1ccc(C)cc1)C(=O)CN(c1cccc(OC)c1)S(=O)(=O)c1ccc(C)cc1. The van der Waals surface area contributed by atoms with Gasteiger partial charge in [-0.1, -0.05) is 90.8 Å². The summed E-state index contributed by atoms with van der Waals surface area (Å²) in [5, 5.41) is 2.96. The average molecular weight is 628 g/mol. The van der Waals surface area contributed by atoms with Gasteiger partial charge in [0.1, 0.15) is 18.3 Å². The lowest BCUT2D eigenvalue weighted by Gasteiger charge is -2.34. The van der Waals surface area contributed by atoms with Crippen LogP contribution >= 0.6 is 0 Å². The van der Waals surface area contributed by atoms with Gasteiger partial charge in [0, 0.05) is 25.6 Å². The number of nitrogens with zero attached hydrogens (tertiary/aromatic N) is 2. The predicted octanol–water partition coefficient (Wildman–Crippen LogP) is 5.67. The highest BCUT2D eigenvalue weighted by atomic mass is 32.2. The summed E-state index contributed by atoms with van der Waals surface area (Å²) in [6, 6.07) is 29.4. The number of hydrogen-bond acceptors (Lipinski definition) is 5. The van der Waals surface area contributed by atoms with Gasteiger partial charge in [0.15, 0.2) is 0 Å². The standard InChI is InChI=1S/C36H41N3O5S/c1-5-22-37-36(41)34(23-29-10-7-6-8-11-29)38(25-30-18-14-27(2)15-19-30)35(40)26-39(31-12-9-13-32(24-31)44-4)45(42,43)33-20-16-28(3)17-21-33/h6-21,24,34H,5,22-23,25-26H2,1-4H3,(H,37,41). The summed E-state index contributed by atoms with van der Waals surface area (Å²) in [6.45, 7) is 5.86. The van der Waals surface area contributed by atoms with Crippen LogP contribution in [0.4, 0.5) is 5.69 Å². The lowest BCUT2D eigenvalue weighted by molar-refractivity contribution is -0.140. The summed E-state index contributed by atoms with van der Waals surface area (Å²) in [7, 11) is -2.70. The van der Waals surface area contributed by atoms with Gasteiger partial charge in [0.2, 0.25) is 11.8 Å². The Hall–Kier alpha value is -4.63. The van der Waals surface area contributed by atoms with Gasteiger partial charge < -0.3 is 15.0 Å². The van der Waals surface area contributed by atoms with Crippen molar-refractivity contribution < 1.29 is 22.7 Å². The van der Waals surface area contributed by atoms with E-state index in [1.807, 2.05) is 75.4 Å². The lowest BCUT2D eigenvalue weighted by atomic mass is 10.0. The molecule has 236 valence electrons. The largest absolute Gasteiger partial charge is 0.497 e. The quantitative estimate of drug-likeness (QED) is 0.194. The third kappa shape index (κ3) is 8.73. The molecule has 2 amide bonds. The molecule has 0 bridgehead atoms. The lowest BCUT2D eigenvalue weighted by Crippen LogP contribution is -2.53. The molecule has 45 heavy (non-hydrogen) atoms. The summed E-state index contributed by atoms with van der Waals surface area (Å²) in [5.41, 5.74) is 3.95. The summed E-state index contributed by atoms with van der Waals surface area (Å²) < 4.78 is 34.8. The van der Waals surface area contributed by atoms with Crippen molar-refractivity contribution in [3.05, 3.63) is 125 Å². The van der Waals surface area contributed by atoms with Crippen LogP contribution in [-0.4, -0.2) is 51.4 Å². The van der Waals surface area contributed by atoms with E-state index in [0.717, 1.165) is 33.0 Å². The molecular weight excluding hydrogens is 586 g/mol. The van der Waals surface area contributed by atoms with Crippen molar-refractivity contribution in [2.24, 2.45) is 0 Å². The molecule has 4 rings (SSSR count). The fourth-order valence-corrected chi connectivity index (χ4v) is 6.35. The van der Waals surface area contributed by atoms with E-state index in [2.05, 4.69) is 5.32 Å². The number of rotatable bonds is 14. The smallest absolute Gasteiger partial charge is 0.264 e. The Morgan fingerprint density at radius 3 is 2.09 bits per heavy atom. The molecule has 0 spiro atoms. The van der Waals surface area contributed by atoms with Crippen molar-refractivity contribution in [1.82, 2.24) is 10.2 Å². The Kier molecular flexibility index (Phi) is 11.4. The van der Waals surface area contributed by atoms with Gasteiger partial charge in [-0.25, -0.2) is 8.42 Å². The molecule has 8 nitrogen and oxygen atoms in total. The number of sulfonamides is 1. The topological polar surface area (TPSA) is 96.0 Å². The third-order valence-electron chi connectivity index (χ3n) is 7.52. The van der Waals surface area contributed by atoms with Gasteiger partial charge in [0.25, 0.3) is 10.0 Å². The number of aryl methyl sites for hydroxylation is 2. The molecule has 0 radical (unpaired) electrons. The number of hydrogen-bond donors (Lipinski definition) is 1. The number of nitrogens with one attached hydrogen (secondary N) is 1. The number of benzene rings is 4. The van der Waals surface area contributed by atoms with Crippen LogP contribution < -0.4 is 14.4 Å². The summed E-state index contributed by atoms with van der Waals surface area (Å²) in [5.74, 6) is -0.362. The number of amides is 2. The maximum absolute atomic E-state index is 14.5. The first-order valence-corrected chi connectivity index (χ1v) is 16.5.